The van der Waals surface area contributed by atoms with E-state index < -0.39 is 0 Å². The minimum atomic E-state index is 0.00602. The van der Waals surface area contributed by atoms with E-state index in [1.807, 2.05) is 37.1 Å². The minimum absolute atomic E-state index is 0.00602. The maximum absolute atomic E-state index is 9.62. The average molecular weight is 316 g/mol. The van der Waals surface area contributed by atoms with Gasteiger partial charge in [0, 0.05) is 13.2 Å². The third kappa shape index (κ3) is 4.63. The predicted molar refractivity (Wildman–Crippen MR) is 89.5 cm³/mol. The molecule has 0 fully saturated rings. The number of aliphatic hydroxyl groups is 1. The molecule has 0 bridgehead atoms. The van der Waals surface area contributed by atoms with E-state index in [9.17, 15) is 5.11 Å². The van der Waals surface area contributed by atoms with E-state index in [-0.39, 0.29) is 12.6 Å². The molecule has 23 heavy (non-hydrogen) atoms. The molecule has 6 nitrogen and oxygen atoms in total. The van der Waals surface area contributed by atoms with Gasteiger partial charge in [0.15, 0.2) is 11.6 Å². The van der Waals surface area contributed by atoms with E-state index in [0.717, 1.165) is 18.5 Å². The Bertz CT molecular complexity index is 607. The SMILES string of the molecule is CCCC(CO)N(C)c1nc(C)ncc1OCc1ccccn1. The molecule has 0 spiro atoms. The van der Waals surface area contributed by atoms with Crippen LogP contribution in [0.25, 0.3) is 0 Å². The molecule has 0 radical (unpaired) electrons. The third-order valence-electron chi connectivity index (χ3n) is 3.67. The average Bonchev–Trinajstić information content (AvgIpc) is 2.59. The molecule has 0 aliphatic rings. The van der Waals surface area contributed by atoms with Crippen molar-refractivity contribution >= 4 is 5.82 Å². The quantitative estimate of drug-likeness (QED) is 0.806. The van der Waals surface area contributed by atoms with E-state index in [1.165, 1.54) is 0 Å². The molecule has 2 rings (SSSR count). The van der Waals surface area contributed by atoms with Gasteiger partial charge in [0.2, 0.25) is 0 Å². The van der Waals surface area contributed by atoms with Crippen molar-refractivity contribution in [3.05, 3.63) is 42.1 Å². The van der Waals surface area contributed by atoms with Crippen LogP contribution in [0.4, 0.5) is 5.82 Å². The van der Waals surface area contributed by atoms with Crippen LogP contribution in [0.15, 0.2) is 30.6 Å². The van der Waals surface area contributed by atoms with Gasteiger partial charge in [0.1, 0.15) is 12.4 Å². The number of likely N-dealkylation sites (N-methyl/N-ethyl adjacent to an activating group) is 1. The number of anilines is 1. The number of ether oxygens (including phenoxy) is 1. The molecule has 124 valence electrons. The zero-order valence-electron chi connectivity index (χ0n) is 13.9. The van der Waals surface area contributed by atoms with Crippen molar-refractivity contribution in [3.63, 3.8) is 0 Å². The van der Waals surface area contributed by atoms with Gasteiger partial charge in [0.25, 0.3) is 0 Å². The highest BCUT2D eigenvalue weighted by Gasteiger charge is 2.19. The predicted octanol–water partition coefficient (Wildman–Crippen LogP) is 2.36. The molecule has 0 aromatic carbocycles. The smallest absolute Gasteiger partial charge is 0.180 e. The maximum Gasteiger partial charge on any atom is 0.180 e. The lowest BCUT2D eigenvalue weighted by Gasteiger charge is -2.28. The number of hydrogen-bond acceptors (Lipinski definition) is 6. The zero-order valence-corrected chi connectivity index (χ0v) is 13.9. The molecule has 1 unspecified atom stereocenters. The second kappa shape index (κ2) is 8.43. The fourth-order valence-electron chi connectivity index (χ4n) is 2.35. The van der Waals surface area contributed by atoms with Crippen molar-refractivity contribution in [2.45, 2.75) is 39.3 Å². The summed E-state index contributed by atoms with van der Waals surface area (Å²) in [4.78, 5) is 14.9. The largest absolute Gasteiger partial charge is 0.482 e. The van der Waals surface area contributed by atoms with Gasteiger partial charge >= 0.3 is 0 Å². The van der Waals surface area contributed by atoms with Gasteiger partial charge in [-0.3, -0.25) is 4.98 Å². The summed E-state index contributed by atoms with van der Waals surface area (Å²) >= 11 is 0. The number of hydrogen-bond donors (Lipinski definition) is 1. The zero-order chi connectivity index (χ0) is 16.7. The first-order chi connectivity index (χ1) is 11.2. The highest BCUT2D eigenvalue weighted by Crippen LogP contribution is 2.27. The summed E-state index contributed by atoms with van der Waals surface area (Å²) in [6, 6.07) is 5.71. The molecule has 1 atom stereocenters. The topological polar surface area (TPSA) is 71.4 Å². The molecule has 6 heteroatoms. The molecule has 0 saturated carbocycles. The monoisotopic (exact) mass is 316 g/mol. The van der Waals surface area contributed by atoms with Crippen molar-refractivity contribution in [2.75, 3.05) is 18.6 Å². The van der Waals surface area contributed by atoms with Crippen molar-refractivity contribution in [3.8, 4) is 5.75 Å². The molecule has 0 aliphatic carbocycles. The van der Waals surface area contributed by atoms with E-state index >= 15 is 0 Å². The van der Waals surface area contributed by atoms with Crippen LogP contribution >= 0.6 is 0 Å². The lowest BCUT2D eigenvalue weighted by Crippen LogP contribution is -2.35. The number of pyridine rings is 1. The van der Waals surface area contributed by atoms with Gasteiger partial charge in [-0.1, -0.05) is 19.4 Å². The van der Waals surface area contributed by atoms with Gasteiger partial charge in [-0.2, -0.15) is 0 Å². The Morgan fingerprint density at radius 1 is 1.30 bits per heavy atom. The Hall–Kier alpha value is -2.21. The van der Waals surface area contributed by atoms with Crippen molar-refractivity contribution in [2.24, 2.45) is 0 Å². The van der Waals surface area contributed by atoms with Crippen LogP contribution in [-0.2, 0) is 6.61 Å². The van der Waals surface area contributed by atoms with Crippen LogP contribution in [0, 0.1) is 6.92 Å². The van der Waals surface area contributed by atoms with Crippen molar-refractivity contribution in [1.29, 1.82) is 0 Å². The van der Waals surface area contributed by atoms with E-state index in [4.69, 9.17) is 4.74 Å². The molecule has 0 aliphatic heterocycles. The summed E-state index contributed by atoms with van der Waals surface area (Å²) in [7, 11) is 1.92. The fourth-order valence-corrected chi connectivity index (χ4v) is 2.35. The highest BCUT2D eigenvalue weighted by molar-refractivity contribution is 5.51. The highest BCUT2D eigenvalue weighted by atomic mass is 16.5. The summed E-state index contributed by atoms with van der Waals surface area (Å²) < 4.78 is 5.86. The summed E-state index contributed by atoms with van der Waals surface area (Å²) in [5.41, 5.74) is 0.842. The first-order valence-corrected chi connectivity index (χ1v) is 7.85. The Labute approximate surface area is 137 Å². The molecule has 1 N–H and O–H groups in total. The number of aromatic nitrogens is 3. The van der Waals surface area contributed by atoms with Gasteiger partial charge in [-0.25, -0.2) is 9.97 Å². The van der Waals surface area contributed by atoms with E-state index in [0.29, 0.717) is 24.0 Å². The van der Waals surface area contributed by atoms with E-state index in [1.54, 1.807) is 12.4 Å². The second-order valence-corrected chi connectivity index (χ2v) is 5.45. The Kier molecular flexibility index (Phi) is 6.29. The first kappa shape index (κ1) is 17.1. The van der Waals surface area contributed by atoms with Gasteiger partial charge in [0.05, 0.1) is 24.5 Å². The normalized spacial score (nSPS) is 12.0. The van der Waals surface area contributed by atoms with Crippen molar-refractivity contribution in [1.82, 2.24) is 15.0 Å². The van der Waals surface area contributed by atoms with Gasteiger partial charge < -0.3 is 14.7 Å². The molecular weight excluding hydrogens is 292 g/mol. The number of nitrogens with zero attached hydrogens (tertiary/aromatic N) is 4. The van der Waals surface area contributed by atoms with Crippen molar-refractivity contribution < 1.29 is 9.84 Å². The lowest BCUT2D eigenvalue weighted by atomic mass is 10.1. The molecule has 2 heterocycles. The van der Waals surface area contributed by atoms with Gasteiger partial charge in [-0.15, -0.1) is 0 Å². The number of rotatable bonds is 8. The molecule has 0 amide bonds. The summed E-state index contributed by atoms with van der Waals surface area (Å²) in [5.74, 6) is 1.96. The van der Waals surface area contributed by atoms with Crippen LogP contribution in [0.2, 0.25) is 0 Å². The van der Waals surface area contributed by atoms with Crippen LogP contribution in [0.3, 0.4) is 0 Å². The lowest BCUT2D eigenvalue weighted by molar-refractivity contribution is 0.252. The Morgan fingerprint density at radius 2 is 2.13 bits per heavy atom. The summed E-state index contributed by atoms with van der Waals surface area (Å²) in [6.45, 7) is 4.37. The summed E-state index contributed by atoms with van der Waals surface area (Å²) in [6.07, 6.45) is 5.29. The number of aliphatic hydroxyl groups excluding tert-OH is 1. The minimum Gasteiger partial charge on any atom is -0.482 e. The van der Waals surface area contributed by atoms with Crippen LogP contribution in [0.1, 0.15) is 31.3 Å². The standard InChI is InChI=1S/C17H24N4O2/c1-4-7-15(11-22)21(3)17-16(10-19-13(2)20-17)23-12-14-8-5-6-9-18-14/h5-6,8-10,15,22H,4,7,11-12H2,1-3H3. The molecule has 2 aromatic heterocycles. The molecular formula is C17H24N4O2. The number of aryl methyl sites for hydroxylation is 1. The first-order valence-electron chi connectivity index (χ1n) is 7.85. The van der Waals surface area contributed by atoms with Gasteiger partial charge in [-0.05, 0) is 25.5 Å². The van der Waals surface area contributed by atoms with Crippen LogP contribution in [-0.4, -0.2) is 39.8 Å². The fraction of sp³-hybridized carbons (Fsp3) is 0.471. The molecule has 2 aromatic rings. The maximum atomic E-state index is 9.62. The third-order valence-corrected chi connectivity index (χ3v) is 3.67. The second-order valence-electron chi connectivity index (χ2n) is 5.45. The Balaban J connectivity index is 2.19. The van der Waals surface area contributed by atoms with E-state index in [2.05, 4.69) is 21.9 Å². The summed E-state index contributed by atoms with van der Waals surface area (Å²) in [5, 5.41) is 9.62. The Morgan fingerprint density at radius 3 is 2.78 bits per heavy atom. The van der Waals surface area contributed by atoms with Crippen LogP contribution < -0.4 is 9.64 Å². The molecule has 0 saturated heterocycles. The van der Waals surface area contributed by atoms with Crippen LogP contribution in [0.5, 0.6) is 5.75 Å².